The van der Waals surface area contributed by atoms with E-state index in [1.807, 2.05) is 90.1 Å². The smallest absolute Gasteiger partial charge is 0.417 e. The van der Waals surface area contributed by atoms with Crippen molar-refractivity contribution in [3.05, 3.63) is 161 Å². The highest BCUT2D eigenvalue weighted by Crippen LogP contribution is 2.38. The topological polar surface area (TPSA) is 186 Å². The van der Waals surface area contributed by atoms with Crippen LogP contribution < -0.4 is 43.1 Å². The maximum absolute atomic E-state index is 14.1. The number of para-hydroxylation sites is 6. The molecule has 104 heavy (non-hydrogen) atoms. The van der Waals surface area contributed by atoms with Crippen molar-refractivity contribution < 1.29 is 61.4 Å². The lowest BCUT2D eigenvalue weighted by Gasteiger charge is -2.43. The van der Waals surface area contributed by atoms with Crippen molar-refractivity contribution in [2.45, 2.75) is 194 Å². The second-order valence-corrected chi connectivity index (χ2v) is 34.4. The molecule has 3 heterocycles. The Bertz CT molecular complexity index is 4120. The molecule has 0 amide bonds. The molecule has 6 fully saturated rings. The molecule has 0 radical (unpaired) electrons. The summed E-state index contributed by atoms with van der Waals surface area (Å²) in [7, 11) is -11.9. The van der Waals surface area contributed by atoms with Gasteiger partial charge in [0.1, 0.15) is 33.8 Å². The van der Waals surface area contributed by atoms with E-state index >= 15 is 0 Å². The normalized spacial score (nSPS) is 22.2. The van der Waals surface area contributed by atoms with E-state index in [-0.39, 0.29) is 56.3 Å². The Hall–Kier alpha value is -6.04. The number of anilines is 3. The van der Waals surface area contributed by atoms with Gasteiger partial charge in [-0.3, -0.25) is 14.7 Å². The van der Waals surface area contributed by atoms with Gasteiger partial charge in [0.05, 0.1) is 55.8 Å². The van der Waals surface area contributed by atoms with Crippen LogP contribution in [0.15, 0.2) is 148 Å². The third kappa shape index (κ3) is 21.9. The van der Waals surface area contributed by atoms with Gasteiger partial charge in [0, 0.05) is 120 Å². The molecule has 6 aliphatic rings. The van der Waals surface area contributed by atoms with E-state index in [9.17, 15) is 47.2 Å². The average Bonchev–Trinajstić information content (AvgIpc) is 0.780. The first-order chi connectivity index (χ1) is 49.5. The van der Waals surface area contributed by atoms with Crippen LogP contribution in [-0.2, 0) is 36.2 Å². The number of sulfonamides is 3. The molecule has 0 spiro atoms. The van der Waals surface area contributed by atoms with E-state index in [1.54, 1.807) is 0 Å². The molecule has 12 rings (SSSR count). The van der Waals surface area contributed by atoms with Crippen LogP contribution in [0.2, 0.25) is 10.0 Å². The first kappa shape index (κ1) is 80.5. The Balaban J connectivity index is 0.000000168. The second-order valence-electron chi connectivity index (χ2n) is 28.5. The van der Waals surface area contributed by atoms with Crippen molar-refractivity contribution in [1.82, 2.24) is 28.9 Å². The number of hydrogen-bond donors (Lipinski definition) is 3. The molecule has 570 valence electrons. The predicted octanol–water partition coefficient (Wildman–Crippen LogP) is 14.3. The molecule has 28 heteroatoms. The standard InChI is InChI=1S/C26H34F3N3O3S.2C25H33ClFN3O3S/c1-19(2)35-24-9-5-4-8-23(24)32-17-15-31(16-18-32)21-13-11-20(12-14-21)30-36(33,34)25-10-6-3-7-22(25)26(27,28)29;1-18(2)33-24-6-4-3-5-23(24)30-15-13-29(14-16-30)21-10-8-20(9-11-21)28-34(31,32)25-17-19(26)7-12-22(25)27;1-18(2)33-25-6-4-3-5-24(25)30-15-13-29(14-16-30)20-9-7-19(8-10-20)28-34(31,32)21-11-12-23(27)22(26)17-21/h3-10,19-21,30H,11-18H2,1-2H3;3-7,12,17-18,20-21,28H,8-11,13-16H2,1-2H3;3-6,11-12,17-20,28H,7-10,13-16H2,1-2H3. The van der Waals surface area contributed by atoms with Crippen LogP contribution in [0.5, 0.6) is 17.2 Å². The Morgan fingerprint density at radius 1 is 0.394 bits per heavy atom. The number of benzene rings is 6. The van der Waals surface area contributed by atoms with Crippen LogP contribution in [0.1, 0.15) is 124 Å². The number of nitrogens with zero attached hydrogens (tertiary/aromatic N) is 6. The molecule has 0 atom stereocenters. The fourth-order valence-corrected chi connectivity index (χ4v) is 19.7. The third-order valence-electron chi connectivity index (χ3n) is 20.1. The number of piperazine rings is 3. The highest BCUT2D eigenvalue weighted by molar-refractivity contribution is 7.90. The highest BCUT2D eigenvalue weighted by atomic mass is 35.5. The van der Waals surface area contributed by atoms with Gasteiger partial charge in [-0.05, 0) is 204 Å². The zero-order valence-electron chi connectivity index (χ0n) is 60.1. The summed E-state index contributed by atoms with van der Waals surface area (Å²) in [6.07, 6.45) is 5.21. The van der Waals surface area contributed by atoms with E-state index in [4.69, 9.17) is 37.4 Å². The van der Waals surface area contributed by atoms with Crippen molar-refractivity contribution in [2.24, 2.45) is 0 Å². The molecule has 3 saturated heterocycles. The van der Waals surface area contributed by atoms with Crippen molar-refractivity contribution in [3.8, 4) is 17.2 Å². The van der Waals surface area contributed by atoms with Crippen LogP contribution in [0.4, 0.5) is 39.0 Å². The Labute approximate surface area is 622 Å². The van der Waals surface area contributed by atoms with Gasteiger partial charge >= 0.3 is 6.18 Å². The molecule has 18 nitrogen and oxygen atoms in total. The first-order valence-corrected chi connectivity index (χ1v) is 41.6. The zero-order valence-corrected chi connectivity index (χ0v) is 64.1. The Morgan fingerprint density at radius 3 is 1.08 bits per heavy atom. The summed E-state index contributed by atoms with van der Waals surface area (Å²) >= 11 is 11.6. The van der Waals surface area contributed by atoms with Crippen molar-refractivity contribution in [1.29, 1.82) is 0 Å². The predicted molar refractivity (Wildman–Crippen MR) is 401 cm³/mol. The fraction of sp³-hybridized carbons (Fsp3) is 0.526. The quantitative estimate of drug-likeness (QED) is 0.0578. The average molecular weight is 1550 g/mol. The first-order valence-electron chi connectivity index (χ1n) is 36.4. The molecule has 3 aliphatic carbocycles. The van der Waals surface area contributed by atoms with Crippen LogP contribution in [0, 0.1) is 11.6 Å². The van der Waals surface area contributed by atoms with Crippen LogP contribution >= 0.6 is 23.2 Å². The monoisotopic (exact) mass is 1540 g/mol. The van der Waals surface area contributed by atoms with E-state index < -0.39 is 58.3 Å². The van der Waals surface area contributed by atoms with E-state index in [2.05, 4.69) is 67.8 Å². The minimum atomic E-state index is -4.73. The summed E-state index contributed by atoms with van der Waals surface area (Å²) in [6, 6.07) is 36.5. The third-order valence-corrected chi connectivity index (χ3v) is 25.3. The molecule has 6 aromatic rings. The molecular formula is C76H100Cl2F5N9O9S3. The summed E-state index contributed by atoms with van der Waals surface area (Å²) in [5, 5.41) is 0.00661. The van der Waals surface area contributed by atoms with Crippen molar-refractivity contribution >= 4 is 70.3 Å². The molecule has 0 bridgehead atoms. The molecule has 3 aliphatic heterocycles. The van der Waals surface area contributed by atoms with E-state index in [1.165, 1.54) is 24.3 Å². The van der Waals surface area contributed by atoms with Gasteiger partial charge in [-0.15, -0.1) is 0 Å². The van der Waals surface area contributed by atoms with Crippen molar-refractivity contribution in [3.63, 3.8) is 0 Å². The zero-order chi connectivity index (χ0) is 74.5. The van der Waals surface area contributed by atoms with Crippen LogP contribution in [-0.4, -0.2) is 173 Å². The Morgan fingerprint density at radius 2 is 0.721 bits per heavy atom. The van der Waals surface area contributed by atoms with Gasteiger partial charge < -0.3 is 28.9 Å². The van der Waals surface area contributed by atoms with Crippen molar-refractivity contribution in [2.75, 3.05) is 93.2 Å². The minimum absolute atomic E-state index is 0.00104. The number of alkyl halides is 3. The molecular weight excluding hydrogens is 1440 g/mol. The van der Waals surface area contributed by atoms with Gasteiger partial charge in [-0.2, -0.15) is 13.2 Å². The van der Waals surface area contributed by atoms with Gasteiger partial charge in [0.15, 0.2) is 0 Å². The minimum Gasteiger partial charge on any atom is -0.489 e. The number of rotatable bonds is 21. The lowest BCUT2D eigenvalue weighted by atomic mass is 9.90. The molecule has 0 unspecified atom stereocenters. The van der Waals surface area contributed by atoms with Gasteiger partial charge in [-0.1, -0.05) is 71.7 Å². The summed E-state index contributed by atoms with van der Waals surface area (Å²) in [5.74, 6) is 1.33. The van der Waals surface area contributed by atoms with E-state index in [0.717, 1.165) is 213 Å². The van der Waals surface area contributed by atoms with Crippen LogP contribution in [0.25, 0.3) is 0 Å². The lowest BCUT2D eigenvalue weighted by molar-refractivity contribution is -0.139. The SMILES string of the molecule is CC(C)Oc1ccccc1N1CCN(C2CCC(NS(=O)(=O)c3cc(Cl)ccc3F)CC2)CC1.CC(C)Oc1ccccc1N1CCN(C2CCC(NS(=O)(=O)c3ccc(F)c(Cl)c3)CC2)CC1.CC(C)Oc1ccccc1N1CCN(C2CCC(NS(=O)(=O)c3ccccc3C(F)(F)F)CC2)CC1. The molecule has 3 N–H and O–H groups in total. The van der Waals surface area contributed by atoms with Gasteiger partial charge in [0.2, 0.25) is 30.1 Å². The maximum Gasteiger partial charge on any atom is 0.417 e. The number of ether oxygens (including phenoxy) is 3. The summed E-state index contributed by atoms with van der Waals surface area (Å²) in [6.45, 7) is 23.4. The summed E-state index contributed by atoms with van der Waals surface area (Å²) in [5.41, 5.74) is 2.25. The molecule has 0 aromatic heterocycles. The number of nitrogens with one attached hydrogen (secondary N) is 3. The largest absolute Gasteiger partial charge is 0.489 e. The van der Waals surface area contributed by atoms with Crippen LogP contribution in [0.3, 0.4) is 0 Å². The summed E-state index contributed by atoms with van der Waals surface area (Å²) in [4.78, 5) is 13.5. The molecule has 3 saturated carbocycles. The second kappa shape index (κ2) is 36.2. The number of halogens is 7. The lowest BCUT2D eigenvalue weighted by Crippen LogP contribution is -2.52. The molecule has 6 aromatic carbocycles. The maximum atomic E-state index is 14.1. The van der Waals surface area contributed by atoms with Gasteiger partial charge in [-0.25, -0.2) is 48.2 Å². The van der Waals surface area contributed by atoms with Gasteiger partial charge in [0.25, 0.3) is 0 Å². The fourth-order valence-electron chi connectivity index (χ4n) is 15.0. The summed E-state index contributed by atoms with van der Waals surface area (Å²) < 4.78 is 170. The van der Waals surface area contributed by atoms with E-state index in [0.29, 0.717) is 31.0 Å². The Kier molecular flexibility index (Phi) is 28.1. The number of hydrogen-bond acceptors (Lipinski definition) is 15. The highest BCUT2D eigenvalue weighted by Gasteiger charge is 2.40.